The molecule has 1 aromatic heterocycles. The van der Waals surface area contributed by atoms with Crippen LogP contribution in [-0.2, 0) is 13.0 Å². The fourth-order valence-electron chi connectivity index (χ4n) is 3.09. The predicted octanol–water partition coefficient (Wildman–Crippen LogP) is -0.143. The van der Waals surface area contributed by atoms with Gasteiger partial charge in [-0.3, -0.25) is 9.88 Å². The van der Waals surface area contributed by atoms with Gasteiger partial charge in [0, 0.05) is 19.6 Å². The highest BCUT2D eigenvalue weighted by molar-refractivity contribution is 6.41. The Labute approximate surface area is 171 Å². The van der Waals surface area contributed by atoms with Crippen LogP contribution < -0.4 is 4.74 Å². The minimum absolute atomic E-state index is 0.0311. The Morgan fingerprint density at radius 3 is 2.43 bits per heavy atom. The van der Waals surface area contributed by atoms with Crippen molar-refractivity contribution in [1.82, 2.24) is 14.9 Å². The van der Waals surface area contributed by atoms with Crippen molar-refractivity contribution < 1.29 is 39.7 Å². The van der Waals surface area contributed by atoms with E-state index in [0.29, 0.717) is 25.3 Å². The highest BCUT2D eigenvalue weighted by Crippen LogP contribution is 2.34. The third-order valence-electron chi connectivity index (χ3n) is 4.64. The standard InChI is InChI=1S/C18H20BN3O8/c23-16-10(3-4-19(28)29)1-2-14(15(16)18(26)27)30-12-8-22(9-12)7-11-5-21-13(6-20-11)17(24)25/h1-2,5-6,12,23,28-29H,3-4,7-9H2,(H,24,25)(H,26,27). The number of aromatic carboxylic acids is 2. The summed E-state index contributed by atoms with van der Waals surface area (Å²) in [5, 5.41) is 46.5. The fourth-order valence-corrected chi connectivity index (χ4v) is 3.09. The van der Waals surface area contributed by atoms with Crippen molar-refractivity contribution in [3.8, 4) is 11.5 Å². The Morgan fingerprint density at radius 1 is 1.13 bits per heavy atom. The molecule has 0 bridgehead atoms. The molecule has 2 aromatic rings. The molecule has 0 atom stereocenters. The number of ether oxygens (including phenoxy) is 1. The Bertz CT molecular complexity index is 932. The second-order valence-corrected chi connectivity index (χ2v) is 6.90. The molecule has 158 valence electrons. The number of hydrogen-bond acceptors (Lipinski definition) is 9. The van der Waals surface area contributed by atoms with Crippen LogP contribution in [0.2, 0.25) is 6.32 Å². The molecule has 1 saturated heterocycles. The van der Waals surface area contributed by atoms with Crippen molar-refractivity contribution in [1.29, 1.82) is 0 Å². The summed E-state index contributed by atoms with van der Waals surface area (Å²) in [5.74, 6) is -2.92. The first-order chi connectivity index (χ1) is 14.2. The summed E-state index contributed by atoms with van der Waals surface area (Å²) in [4.78, 5) is 32.2. The molecule has 0 unspecified atom stereocenters. The van der Waals surface area contributed by atoms with Gasteiger partial charge in [-0.15, -0.1) is 0 Å². The summed E-state index contributed by atoms with van der Waals surface area (Å²) >= 11 is 0. The van der Waals surface area contributed by atoms with Crippen LogP contribution in [0.15, 0.2) is 24.5 Å². The van der Waals surface area contributed by atoms with E-state index in [4.69, 9.17) is 19.9 Å². The molecular formula is C18H20BN3O8. The third-order valence-corrected chi connectivity index (χ3v) is 4.64. The number of likely N-dealkylation sites (tertiary alicyclic amines) is 1. The average Bonchev–Trinajstić information content (AvgIpc) is 2.65. The van der Waals surface area contributed by atoms with Gasteiger partial charge < -0.3 is 30.1 Å². The zero-order valence-electron chi connectivity index (χ0n) is 15.8. The van der Waals surface area contributed by atoms with Gasteiger partial charge in [0.1, 0.15) is 23.2 Å². The number of carbonyl (C=O) groups is 2. The lowest BCUT2D eigenvalue weighted by molar-refractivity contribution is 0.0127. The van der Waals surface area contributed by atoms with Crippen LogP contribution in [0.5, 0.6) is 11.5 Å². The third kappa shape index (κ3) is 5.03. The van der Waals surface area contributed by atoms with Crippen molar-refractivity contribution in [2.45, 2.75) is 25.4 Å². The second kappa shape index (κ2) is 9.07. The van der Waals surface area contributed by atoms with Gasteiger partial charge in [-0.1, -0.05) is 6.07 Å². The molecule has 0 radical (unpaired) electrons. The first-order valence-electron chi connectivity index (χ1n) is 9.12. The number of phenols is 1. The number of benzene rings is 1. The normalized spacial score (nSPS) is 14.2. The molecular weight excluding hydrogens is 397 g/mol. The quantitative estimate of drug-likeness (QED) is 0.344. The number of aryl methyl sites for hydroxylation is 1. The van der Waals surface area contributed by atoms with Crippen LogP contribution in [0.4, 0.5) is 0 Å². The van der Waals surface area contributed by atoms with Gasteiger partial charge in [0.15, 0.2) is 5.69 Å². The summed E-state index contributed by atoms with van der Waals surface area (Å²) in [6.45, 7) is 1.41. The van der Waals surface area contributed by atoms with Crippen molar-refractivity contribution in [3.63, 3.8) is 0 Å². The van der Waals surface area contributed by atoms with E-state index in [-0.39, 0.29) is 41.4 Å². The molecule has 1 aliphatic heterocycles. The van der Waals surface area contributed by atoms with Crippen LogP contribution in [0.25, 0.3) is 0 Å². The van der Waals surface area contributed by atoms with Crippen LogP contribution >= 0.6 is 0 Å². The first kappa shape index (κ1) is 21.5. The number of hydrogen-bond donors (Lipinski definition) is 5. The van der Waals surface area contributed by atoms with Crippen molar-refractivity contribution >= 4 is 19.1 Å². The van der Waals surface area contributed by atoms with Gasteiger partial charge >= 0.3 is 19.1 Å². The molecule has 0 aliphatic carbocycles. The SMILES string of the molecule is O=C(O)c1cnc(CN2CC(Oc3ccc(CCB(O)O)c(O)c3C(=O)O)C2)cn1. The fraction of sp³-hybridized carbons (Fsp3) is 0.333. The Balaban J connectivity index is 1.60. The van der Waals surface area contributed by atoms with Gasteiger partial charge in [0.05, 0.1) is 18.1 Å². The van der Waals surface area contributed by atoms with E-state index in [1.54, 1.807) is 0 Å². The van der Waals surface area contributed by atoms with E-state index in [2.05, 4.69) is 9.97 Å². The molecule has 1 aliphatic rings. The molecule has 5 N–H and O–H groups in total. The van der Waals surface area contributed by atoms with Crippen molar-refractivity contribution in [2.75, 3.05) is 13.1 Å². The number of aromatic nitrogens is 2. The summed E-state index contributed by atoms with van der Waals surface area (Å²) in [6.07, 6.45) is 2.34. The summed E-state index contributed by atoms with van der Waals surface area (Å²) in [6, 6.07) is 2.94. The highest BCUT2D eigenvalue weighted by atomic mass is 16.5. The topological polar surface area (TPSA) is 174 Å². The van der Waals surface area contributed by atoms with E-state index < -0.39 is 24.8 Å². The van der Waals surface area contributed by atoms with Crippen molar-refractivity contribution in [3.05, 3.63) is 47.0 Å². The molecule has 1 fully saturated rings. The molecule has 12 heteroatoms. The highest BCUT2D eigenvalue weighted by Gasteiger charge is 2.31. The Morgan fingerprint density at radius 2 is 1.87 bits per heavy atom. The lowest BCUT2D eigenvalue weighted by atomic mass is 9.82. The Kier molecular flexibility index (Phi) is 6.50. The van der Waals surface area contributed by atoms with Crippen LogP contribution in [0, 0.1) is 0 Å². The summed E-state index contributed by atoms with van der Waals surface area (Å²) in [5.41, 5.74) is 0.374. The van der Waals surface area contributed by atoms with Gasteiger partial charge in [0.2, 0.25) is 0 Å². The Hall–Kier alpha value is -3.22. The first-order valence-corrected chi connectivity index (χ1v) is 9.12. The van der Waals surface area contributed by atoms with Crippen molar-refractivity contribution in [2.24, 2.45) is 0 Å². The van der Waals surface area contributed by atoms with Gasteiger partial charge in [-0.05, 0) is 24.4 Å². The zero-order valence-corrected chi connectivity index (χ0v) is 15.8. The van der Waals surface area contributed by atoms with Crippen LogP contribution in [-0.4, -0.2) is 78.5 Å². The molecule has 11 nitrogen and oxygen atoms in total. The van der Waals surface area contributed by atoms with E-state index in [1.807, 2.05) is 4.90 Å². The smallest absolute Gasteiger partial charge is 0.451 e. The summed E-state index contributed by atoms with van der Waals surface area (Å²) < 4.78 is 5.73. The number of carboxylic acid groups (broad SMARTS) is 2. The minimum Gasteiger partial charge on any atom is -0.507 e. The predicted molar refractivity (Wildman–Crippen MR) is 102 cm³/mol. The molecule has 30 heavy (non-hydrogen) atoms. The molecule has 3 rings (SSSR count). The maximum atomic E-state index is 11.6. The van der Waals surface area contributed by atoms with Gasteiger partial charge in [0.25, 0.3) is 0 Å². The molecule has 0 spiro atoms. The number of aromatic hydroxyl groups is 1. The van der Waals surface area contributed by atoms with E-state index in [9.17, 15) is 19.8 Å². The van der Waals surface area contributed by atoms with E-state index in [0.717, 1.165) is 0 Å². The number of rotatable bonds is 9. The van der Waals surface area contributed by atoms with E-state index in [1.165, 1.54) is 24.5 Å². The lowest BCUT2D eigenvalue weighted by Gasteiger charge is -2.38. The molecule has 0 saturated carbocycles. The lowest BCUT2D eigenvalue weighted by Crippen LogP contribution is -2.53. The molecule has 2 heterocycles. The maximum absolute atomic E-state index is 11.6. The van der Waals surface area contributed by atoms with E-state index >= 15 is 0 Å². The molecule has 1 aromatic carbocycles. The van der Waals surface area contributed by atoms with Gasteiger partial charge in [-0.25, -0.2) is 14.6 Å². The van der Waals surface area contributed by atoms with Gasteiger partial charge in [-0.2, -0.15) is 0 Å². The number of carboxylic acids is 2. The summed E-state index contributed by atoms with van der Waals surface area (Å²) in [7, 11) is -1.56. The van der Waals surface area contributed by atoms with Crippen LogP contribution in [0.1, 0.15) is 32.1 Å². The second-order valence-electron chi connectivity index (χ2n) is 6.90. The molecule has 0 amide bonds. The maximum Gasteiger partial charge on any atom is 0.451 e. The van der Waals surface area contributed by atoms with Crippen LogP contribution in [0.3, 0.4) is 0 Å². The minimum atomic E-state index is -1.56. The zero-order chi connectivity index (χ0) is 21.8. The largest absolute Gasteiger partial charge is 0.507 e. The average molecular weight is 417 g/mol. The monoisotopic (exact) mass is 417 g/mol. The number of nitrogens with zero attached hydrogens (tertiary/aromatic N) is 3.